The molecule has 0 bridgehead atoms. The quantitative estimate of drug-likeness (QED) is 0.613. The van der Waals surface area contributed by atoms with Crippen LogP contribution in [0.25, 0.3) is 10.6 Å². The monoisotopic (exact) mass is 385 g/mol. The van der Waals surface area contributed by atoms with Crippen LogP contribution in [0.2, 0.25) is 0 Å². The Hall–Kier alpha value is -2.41. The van der Waals surface area contributed by atoms with Crippen LogP contribution in [0.3, 0.4) is 0 Å². The maximum atomic E-state index is 11.8. The lowest BCUT2D eigenvalue weighted by Crippen LogP contribution is -2.44. The molecule has 2 N–H and O–H groups in total. The Morgan fingerprint density at radius 1 is 1.37 bits per heavy atom. The van der Waals surface area contributed by atoms with Gasteiger partial charge < -0.3 is 15.5 Å². The Balaban J connectivity index is 1.56. The molecule has 1 unspecified atom stereocenters. The Labute approximate surface area is 164 Å². The highest BCUT2D eigenvalue weighted by molar-refractivity contribution is 7.15. The number of nitrogens with zero attached hydrogens (tertiary/aromatic N) is 3. The average molecular weight is 386 g/mol. The van der Waals surface area contributed by atoms with E-state index < -0.39 is 0 Å². The van der Waals surface area contributed by atoms with Gasteiger partial charge in [-0.25, -0.2) is 4.98 Å². The number of aliphatic imine (C=N–C) groups is 1. The van der Waals surface area contributed by atoms with Crippen LogP contribution in [0.4, 0.5) is 0 Å². The molecule has 1 saturated heterocycles. The standard InChI is InChI=1S/C20H27N5OS/c1-4-18(26)25-11-10-16(13-25)24-20(21-3)22-12-17-14(2)23-19(27-17)15-8-6-5-7-9-15/h5-9,16H,4,10-13H2,1-3H3,(H2,21,22,24). The van der Waals surface area contributed by atoms with Gasteiger partial charge in [0.25, 0.3) is 0 Å². The van der Waals surface area contributed by atoms with Gasteiger partial charge in [0, 0.05) is 43.0 Å². The molecule has 3 rings (SSSR count). The van der Waals surface area contributed by atoms with E-state index >= 15 is 0 Å². The van der Waals surface area contributed by atoms with E-state index in [1.807, 2.05) is 36.9 Å². The van der Waals surface area contributed by atoms with E-state index in [1.165, 1.54) is 4.88 Å². The zero-order chi connectivity index (χ0) is 19.2. The molecule has 1 amide bonds. The van der Waals surface area contributed by atoms with Gasteiger partial charge in [0.1, 0.15) is 5.01 Å². The summed E-state index contributed by atoms with van der Waals surface area (Å²) < 4.78 is 0. The normalized spacial score (nSPS) is 17.2. The van der Waals surface area contributed by atoms with Crippen LogP contribution >= 0.6 is 11.3 Å². The predicted octanol–water partition coefficient (Wildman–Crippen LogP) is 2.79. The maximum Gasteiger partial charge on any atom is 0.222 e. The summed E-state index contributed by atoms with van der Waals surface area (Å²) >= 11 is 1.71. The van der Waals surface area contributed by atoms with Gasteiger partial charge in [-0.05, 0) is 13.3 Å². The molecule has 1 aromatic heterocycles. The van der Waals surface area contributed by atoms with E-state index in [-0.39, 0.29) is 11.9 Å². The molecule has 1 aliphatic heterocycles. The van der Waals surface area contributed by atoms with Gasteiger partial charge in [0.15, 0.2) is 5.96 Å². The summed E-state index contributed by atoms with van der Waals surface area (Å²) in [6.07, 6.45) is 1.51. The van der Waals surface area contributed by atoms with Crippen molar-refractivity contribution in [2.24, 2.45) is 4.99 Å². The van der Waals surface area contributed by atoms with E-state index in [0.29, 0.717) is 13.0 Å². The maximum absolute atomic E-state index is 11.8. The van der Waals surface area contributed by atoms with Crippen LogP contribution in [0.1, 0.15) is 30.3 Å². The molecule has 2 aromatic rings. The van der Waals surface area contributed by atoms with E-state index in [9.17, 15) is 4.79 Å². The summed E-state index contributed by atoms with van der Waals surface area (Å²) in [5.74, 6) is 0.982. The fraction of sp³-hybridized carbons (Fsp3) is 0.450. The van der Waals surface area contributed by atoms with Gasteiger partial charge in [-0.3, -0.25) is 9.79 Å². The third-order valence-electron chi connectivity index (χ3n) is 4.74. The highest BCUT2D eigenvalue weighted by atomic mass is 32.1. The van der Waals surface area contributed by atoms with Crippen LogP contribution in [0.15, 0.2) is 35.3 Å². The summed E-state index contributed by atoms with van der Waals surface area (Å²) in [6, 6.07) is 10.5. The molecule has 0 spiro atoms. The zero-order valence-corrected chi connectivity index (χ0v) is 17.0. The molecule has 1 fully saturated rings. The smallest absolute Gasteiger partial charge is 0.222 e. The Kier molecular flexibility index (Phi) is 6.45. The number of likely N-dealkylation sites (tertiary alicyclic amines) is 1. The predicted molar refractivity (Wildman–Crippen MR) is 111 cm³/mol. The first kappa shape index (κ1) is 19.4. The Morgan fingerprint density at radius 3 is 2.85 bits per heavy atom. The summed E-state index contributed by atoms with van der Waals surface area (Å²) in [7, 11) is 1.77. The zero-order valence-electron chi connectivity index (χ0n) is 16.2. The van der Waals surface area contributed by atoms with Crippen molar-refractivity contribution >= 4 is 23.2 Å². The number of amides is 1. The first-order chi connectivity index (χ1) is 13.1. The van der Waals surface area contributed by atoms with Gasteiger partial charge in [-0.1, -0.05) is 37.3 Å². The lowest BCUT2D eigenvalue weighted by atomic mass is 10.2. The number of thiazole rings is 1. The van der Waals surface area contributed by atoms with Crippen LogP contribution in [-0.4, -0.2) is 47.9 Å². The number of hydrogen-bond acceptors (Lipinski definition) is 4. The van der Waals surface area contributed by atoms with Crippen molar-refractivity contribution in [2.45, 2.75) is 39.3 Å². The minimum absolute atomic E-state index is 0.218. The minimum Gasteiger partial charge on any atom is -0.352 e. The van der Waals surface area contributed by atoms with Gasteiger partial charge >= 0.3 is 0 Å². The largest absolute Gasteiger partial charge is 0.352 e. The molecule has 0 radical (unpaired) electrons. The number of aromatic nitrogens is 1. The highest BCUT2D eigenvalue weighted by Gasteiger charge is 2.25. The second kappa shape index (κ2) is 8.99. The van der Waals surface area contributed by atoms with Gasteiger partial charge in [-0.15, -0.1) is 11.3 Å². The first-order valence-electron chi connectivity index (χ1n) is 9.37. The molecule has 1 atom stereocenters. The number of nitrogens with one attached hydrogen (secondary N) is 2. The summed E-state index contributed by atoms with van der Waals surface area (Å²) in [6.45, 7) is 6.19. The van der Waals surface area contributed by atoms with Gasteiger partial charge in [-0.2, -0.15) is 0 Å². The molecule has 1 aliphatic rings. The second-order valence-corrected chi connectivity index (χ2v) is 7.73. The van der Waals surface area contributed by atoms with Crippen LogP contribution in [-0.2, 0) is 11.3 Å². The van der Waals surface area contributed by atoms with E-state index in [0.717, 1.165) is 41.7 Å². The fourth-order valence-electron chi connectivity index (χ4n) is 3.18. The molecule has 7 heteroatoms. The third kappa shape index (κ3) is 4.86. The fourth-order valence-corrected chi connectivity index (χ4v) is 4.18. The SMILES string of the molecule is CCC(=O)N1CCC(NC(=NC)NCc2sc(-c3ccccc3)nc2C)C1. The second-order valence-electron chi connectivity index (χ2n) is 6.64. The van der Waals surface area contributed by atoms with Crippen LogP contribution < -0.4 is 10.6 Å². The number of carbonyl (C=O) groups is 1. The van der Waals surface area contributed by atoms with Gasteiger partial charge in [0.05, 0.1) is 12.2 Å². The van der Waals surface area contributed by atoms with Gasteiger partial charge in [0.2, 0.25) is 5.91 Å². The minimum atomic E-state index is 0.218. The van der Waals surface area contributed by atoms with E-state index in [4.69, 9.17) is 4.98 Å². The molecular formula is C20H27N5OS. The van der Waals surface area contributed by atoms with Crippen molar-refractivity contribution in [1.82, 2.24) is 20.5 Å². The molecule has 144 valence electrons. The molecule has 6 nitrogen and oxygen atoms in total. The molecule has 0 aliphatic carbocycles. The van der Waals surface area contributed by atoms with E-state index in [1.54, 1.807) is 18.4 Å². The Morgan fingerprint density at radius 2 is 2.15 bits per heavy atom. The third-order valence-corrected chi connectivity index (χ3v) is 5.94. The first-order valence-corrected chi connectivity index (χ1v) is 10.2. The summed E-state index contributed by atoms with van der Waals surface area (Å²) in [5.41, 5.74) is 2.19. The van der Waals surface area contributed by atoms with Crippen molar-refractivity contribution in [3.63, 3.8) is 0 Å². The molecule has 1 aromatic carbocycles. The lowest BCUT2D eigenvalue weighted by Gasteiger charge is -2.18. The average Bonchev–Trinajstić information content (AvgIpc) is 3.32. The Bertz CT molecular complexity index is 802. The van der Waals surface area contributed by atoms with Crippen molar-refractivity contribution in [2.75, 3.05) is 20.1 Å². The number of carbonyl (C=O) groups excluding carboxylic acids is 1. The van der Waals surface area contributed by atoms with Crippen molar-refractivity contribution in [3.8, 4) is 10.6 Å². The van der Waals surface area contributed by atoms with Crippen LogP contribution in [0.5, 0.6) is 0 Å². The summed E-state index contributed by atoms with van der Waals surface area (Å²) in [4.78, 5) is 24.0. The molecule has 27 heavy (non-hydrogen) atoms. The molecular weight excluding hydrogens is 358 g/mol. The number of benzene rings is 1. The van der Waals surface area contributed by atoms with Crippen molar-refractivity contribution < 1.29 is 4.79 Å². The topological polar surface area (TPSA) is 69.6 Å². The number of hydrogen-bond donors (Lipinski definition) is 2. The lowest BCUT2D eigenvalue weighted by molar-refractivity contribution is -0.129. The molecule has 0 saturated carbocycles. The number of rotatable bonds is 5. The van der Waals surface area contributed by atoms with Crippen molar-refractivity contribution in [3.05, 3.63) is 40.9 Å². The molecule has 2 heterocycles. The number of guanidine groups is 1. The van der Waals surface area contributed by atoms with Crippen molar-refractivity contribution in [1.29, 1.82) is 0 Å². The summed E-state index contributed by atoms with van der Waals surface area (Å²) in [5, 5.41) is 7.85. The van der Waals surface area contributed by atoms with E-state index in [2.05, 4.69) is 27.8 Å². The highest BCUT2D eigenvalue weighted by Crippen LogP contribution is 2.27. The number of aryl methyl sites for hydroxylation is 1. The van der Waals surface area contributed by atoms with Crippen LogP contribution in [0, 0.1) is 6.92 Å².